The fraction of sp³-hybridized carbons (Fsp3) is 0.400. The van der Waals surface area contributed by atoms with E-state index in [1.54, 1.807) is 0 Å². The normalized spacial score (nSPS) is 15.6. The summed E-state index contributed by atoms with van der Waals surface area (Å²) in [5.74, 6) is -0.372. The van der Waals surface area contributed by atoms with Gasteiger partial charge in [-0.1, -0.05) is 6.07 Å². The summed E-state index contributed by atoms with van der Waals surface area (Å²) in [5, 5.41) is 18.8. The van der Waals surface area contributed by atoms with E-state index in [1.807, 2.05) is 0 Å². The fourth-order valence-corrected chi connectivity index (χ4v) is 1.54. The average Bonchev–Trinajstić information content (AvgIpc) is 2.25. The molecule has 0 fully saturated rings. The molecule has 0 saturated carbocycles. The van der Waals surface area contributed by atoms with Crippen LogP contribution in [0.1, 0.15) is 17.2 Å². The number of nitrogens with two attached hydrogens (primary N) is 1. The van der Waals surface area contributed by atoms with Gasteiger partial charge in [-0.3, -0.25) is 0 Å². The summed E-state index contributed by atoms with van der Waals surface area (Å²) in [4.78, 5) is 0. The Morgan fingerprint density at radius 2 is 1.88 bits per heavy atom. The number of aliphatic hydroxyl groups excluding tert-OH is 2. The largest absolute Gasteiger partial charge is 0.416 e. The smallest absolute Gasteiger partial charge is 0.399 e. The second kappa shape index (κ2) is 5.12. The maximum atomic E-state index is 12.7. The van der Waals surface area contributed by atoms with E-state index in [9.17, 15) is 23.4 Å². The highest BCUT2D eigenvalue weighted by Gasteiger charge is 2.36. The van der Waals surface area contributed by atoms with E-state index >= 15 is 0 Å². The highest BCUT2D eigenvalue weighted by Crippen LogP contribution is 2.36. The molecule has 96 valence electrons. The number of alkyl halides is 4. The predicted octanol–water partition coefficient (Wildman–Crippen LogP) is 1.92. The first-order valence-corrected chi connectivity index (χ1v) is 5.19. The molecule has 7 heteroatoms. The van der Waals surface area contributed by atoms with Gasteiger partial charge < -0.3 is 15.9 Å². The third kappa shape index (κ3) is 3.24. The number of anilines is 1. The van der Waals surface area contributed by atoms with E-state index in [4.69, 9.17) is 17.3 Å². The van der Waals surface area contributed by atoms with Gasteiger partial charge in [-0.25, -0.2) is 0 Å². The Morgan fingerprint density at radius 3 is 2.35 bits per heavy atom. The summed E-state index contributed by atoms with van der Waals surface area (Å²) in [6.45, 7) is 0. The van der Waals surface area contributed by atoms with E-state index in [2.05, 4.69) is 0 Å². The van der Waals surface area contributed by atoms with Gasteiger partial charge in [0.15, 0.2) is 0 Å². The predicted molar refractivity (Wildman–Crippen MR) is 57.5 cm³/mol. The minimum atomic E-state index is -4.66. The molecule has 0 aliphatic rings. The van der Waals surface area contributed by atoms with Crippen molar-refractivity contribution in [2.24, 2.45) is 0 Å². The Morgan fingerprint density at radius 1 is 1.29 bits per heavy atom. The van der Waals surface area contributed by atoms with E-state index < -0.39 is 29.5 Å². The number of benzene rings is 1. The molecular formula is C10H11ClF3NO2. The van der Waals surface area contributed by atoms with Crippen LogP contribution in [0.2, 0.25) is 0 Å². The number of halogens is 4. The lowest BCUT2D eigenvalue weighted by molar-refractivity contribution is -0.139. The molecular weight excluding hydrogens is 259 g/mol. The third-order valence-electron chi connectivity index (χ3n) is 2.22. The first-order chi connectivity index (χ1) is 7.77. The summed E-state index contributed by atoms with van der Waals surface area (Å²) in [6, 6.07) is 2.95. The third-order valence-corrected chi connectivity index (χ3v) is 2.54. The molecule has 2 atom stereocenters. The van der Waals surface area contributed by atoms with Crippen LogP contribution >= 0.6 is 11.6 Å². The lowest BCUT2D eigenvalue weighted by Gasteiger charge is -2.20. The molecule has 0 radical (unpaired) electrons. The van der Waals surface area contributed by atoms with Crippen molar-refractivity contribution in [3.63, 3.8) is 0 Å². The van der Waals surface area contributed by atoms with Crippen LogP contribution in [0.4, 0.5) is 18.9 Å². The van der Waals surface area contributed by atoms with Crippen molar-refractivity contribution >= 4 is 17.3 Å². The molecule has 0 spiro atoms. The molecule has 1 aromatic rings. The summed E-state index contributed by atoms with van der Waals surface area (Å²) >= 11 is 5.28. The zero-order chi connectivity index (χ0) is 13.2. The van der Waals surface area contributed by atoms with Crippen LogP contribution in [-0.2, 0) is 6.18 Å². The van der Waals surface area contributed by atoms with Gasteiger partial charge in [-0.2, -0.15) is 13.2 Å². The van der Waals surface area contributed by atoms with Gasteiger partial charge in [0.2, 0.25) is 0 Å². The van der Waals surface area contributed by atoms with Gasteiger partial charge in [0.05, 0.1) is 17.5 Å². The molecule has 17 heavy (non-hydrogen) atoms. The van der Waals surface area contributed by atoms with E-state index in [-0.39, 0.29) is 11.6 Å². The van der Waals surface area contributed by atoms with Crippen LogP contribution in [0.15, 0.2) is 18.2 Å². The molecule has 0 heterocycles. The van der Waals surface area contributed by atoms with Gasteiger partial charge in [-0.15, -0.1) is 11.6 Å². The Hall–Kier alpha value is -0.980. The molecule has 1 rings (SSSR count). The summed E-state index contributed by atoms with van der Waals surface area (Å²) < 4.78 is 38.0. The lowest BCUT2D eigenvalue weighted by atomic mass is 9.98. The van der Waals surface area contributed by atoms with Crippen molar-refractivity contribution in [2.75, 3.05) is 11.6 Å². The summed E-state index contributed by atoms with van der Waals surface area (Å²) in [5.41, 5.74) is 3.67. The van der Waals surface area contributed by atoms with Gasteiger partial charge in [0.25, 0.3) is 0 Å². The minimum absolute atomic E-state index is 0.0753. The maximum absolute atomic E-state index is 12.7. The second-order valence-electron chi connectivity index (χ2n) is 3.51. The van der Waals surface area contributed by atoms with Crippen molar-refractivity contribution in [3.8, 4) is 0 Å². The summed E-state index contributed by atoms with van der Waals surface area (Å²) in [7, 11) is 0. The number of hydrogen-bond donors (Lipinski definition) is 3. The topological polar surface area (TPSA) is 66.5 Å². The van der Waals surface area contributed by atoms with Crippen molar-refractivity contribution in [1.82, 2.24) is 0 Å². The van der Waals surface area contributed by atoms with Crippen LogP contribution in [0.3, 0.4) is 0 Å². The van der Waals surface area contributed by atoms with E-state index in [0.29, 0.717) is 6.07 Å². The molecule has 0 saturated heterocycles. The molecule has 4 N–H and O–H groups in total. The van der Waals surface area contributed by atoms with Gasteiger partial charge >= 0.3 is 6.18 Å². The Balaban J connectivity index is 3.24. The van der Waals surface area contributed by atoms with Gasteiger partial charge in [-0.05, 0) is 17.7 Å². The number of nitrogen functional groups attached to an aromatic ring is 1. The lowest BCUT2D eigenvalue weighted by Crippen LogP contribution is -2.23. The molecule has 0 aliphatic carbocycles. The van der Waals surface area contributed by atoms with E-state index in [1.165, 1.54) is 6.07 Å². The molecule has 3 nitrogen and oxygen atoms in total. The second-order valence-corrected chi connectivity index (χ2v) is 3.82. The molecule has 0 bridgehead atoms. The SMILES string of the molecule is Nc1ccc(C(O)C(O)CCl)c(C(F)(F)F)c1. The van der Waals surface area contributed by atoms with Crippen LogP contribution in [0.25, 0.3) is 0 Å². The molecule has 0 amide bonds. The highest BCUT2D eigenvalue weighted by atomic mass is 35.5. The zero-order valence-electron chi connectivity index (χ0n) is 8.58. The summed E-state index contributed by atoms with van der Waals surface area (Å²) in [6.07, 6.45) is -7.83. The van der Waals surface area contributed by atoms with Crippen molar-refractivity contribution in [2.45, 2.75) is 18.4 Å². The van der Waals surface area contributed by atoms with Gasteiger partial charge in [0, 0.05) is 5.69 Å². The Labute approximate surface area is 101 Å². The fourth-order valence-electron chi connectivity index (χ4n) is 1.37. The number of hydrogen-bond acceptors (Lipinski definition) is 3. The molecule has 1 aromatic carbocycles. The Kier molecular flexibility index (Phi) is 4.24. The molecule has 0 aromatic heterocycles. The first-order valence-electron chi connectivity index (χ1n) is 4.66. The van der Waals surface area contributed by atoms with Crippen LogP contribution in [-0.4, -0.2) is 22.2 Å². The van der Waals surface area contributed by atoms with Crippen molar-refractivity contribution in [1.29, 1.82) is 0 Å². The number of aliphatic hydroxyl groups is 2. The van der Waals surface area contributed by atoms with Crippen LogP contribution < -0.4 is 5.73 Å². The monoisotopic (exact) mass is 269 g/mol. The quantitative estimate of drug-likeness (QED) is 0.580. The van der Waals surface area contributed by atoms with Crippen molar-refractivity contribution < 1.29 is 23.4 Å². The number of rotatable bonds is 3. The first kappa shape index (κ1) is 14.1. The minimum Gasteiger partial charge on any atom is -0.399 e. The van der Waals surface area contributed by atoms with Crippen LogP contribution in [0.5, 0.6) is 0 Å². The van der Waals surface area contributed by atoms with Crippen LogP contribution in [0, 0.1) is 0 Å². The van der Waals surface area contributed by atoms with Gasteiger partial charge in [0.1, 0.15) is 6.10 Å². The Bertz CT molecular complexity index is 398. The van der Waals surface area contributed by atoms with Crippen molar-refractivity contribution in [3.05, 3.63) is 29.3 Å². The average molecular weight is 270 g/mol. The maximum Gasteiger partial charge on any atom is 0.416 e. The molecule has 2 unspecified atom stereocenters. The molecule has 0 aliphatic heterocycles. The van der Waals surface area contributed by atoms with E-state index in [0.717, 1.165) is 6.07 Å². The highest BCUT2D eigenvalue weighted by molar-refractivity contribution is 6.18. The standard InChI is InChI=1S/C10H11ClF3NO2/c11-4-8(16)9(17)6-2-1-5(15)3-7(6)10(12,13)14/h1-3,8-9,16-17H,4,15H2. The zero-order valence-corrected chi connectivity index (χ0v) is 9.33.